The zero-order valence-electron chi connectivity index (χ0n) is 7.82. The minimum atomic E-state index is -0.747. The number of nitrogens with zero attached hydrogens (tertiary/aromatic N) is 2. The molecule has 13 heavy (non-hydrogen) atoms. The highest BCUT2D eigenvalue weighted by Gasteiger charge is 2.17. The van der Waals surface area contributed by atoms with Crippen LogP contribution in [-0.4, -0.2) is 15.7 Å². The monoisotopic (exact) mass is 182 g/mol. The lowest BCUT2D eigenvalue weighted by Crippen LogP contribution is -2.28. The molecule has 1 amide bonds. The number of aromatic nitrogens is 2. The predicted octanol–water partition coefficient (Wildman–Crippen LogP) is -0.532. The van der Waals surface area contributed by atoms with Crippen molar-refractivity contribution in [2.24, 2.45) is 18.5 Å². The maximum Gasteiger partial charge on any atom is 0.239 e. The zero-order valence-corrected chi connectivity index (χ0v) is 7.82. The summed E-state index contributed by atoms with van der Waals surface area (Å²) in [5, 5.41) is 4.16. The maximum atomic E-state index is 10.8. The predicted molar refractivity (Wildman–Crippen MR) is 48.7 cm³/mol. The van der Waals surface area contributed by atoms with E-state index < -0.39 is 11.9 Å². The standard InChI is InChI=1S/C8H14N4O/c1-3-6-5(4-12(2)11-6)7(9)8(10)13/h4,7H,3,9H2,1-2H3,(H2,10,13). The minimum absolute atomic E-state index is 0.525. The molecule has 0 bridgehead atoms. The van der Waals surface area contributed by atoms with Gasteiger partial charge in [-0.3, -0.25) is 9.48 Å². The van der Waals surface area contributed by atoms with Gasteiger partial charge in [-0.15, -0.1) is 0 Å². The van der Waals surface area contributed by atoms with Crippen molar-refractivity contribution in [3.05, 3.63) is 17.5 Å². The summed E-state index contributed by atoms with van der Waals surface area (Å²) >= 11 is 0. The van der Waals surface area contributed by atoms with E-state index in [1.165, 1.54) is 0 Å². The molecule has 1 aromatic heterocycles. The first-order valence-electron chi connectivity index (χ1n) is 4.13. The smallest absolute Gasteiger partial charge is 0.239 e. The highest BCUT2D eigenvalue weighted by atomic mass is 16.1. The van der Waals surface area contributed by atoms with Gasteiger partial charge < -0.3 is 11.5 Å². The molecule has 0 aliphatic carbocycles. The summed E-state index contributed by atoms with van der Waals surface area (Å²) in [5.74, 6) is -0.525. The van der Waals surface area contributed by atoms with E-state index in [1.54, 1.807) is 17.9 Å². The molecular formula is C8H14N4O. The first-order chi connectivity index (χ1) is 6.06. The Morgan fingerprint density at radius 2 is 2.38 bits per heavy atom. The van der Waals surface area contributed by atoms with Gasteiger partial charge in [0.2, 0.25) is 5.91 Å². The third kappa shape index (κ3) is 1.86. The van der Waals surface area contributed by atoms with E-state index in [1.807, 2.05) is 6.92 Å². The van der Waals surface area contributed by atoms with Crippen LogP contribution in [0.3, 0.4) is 0 Å². The molecule has 0 saturated carbocycles. The van der Waals surface area contributed by atoms with Crippen LogP contribution in [0.2, 0.25) is 0 Å². The van der Waals surface area contributed by atoms with Crippen molar-refractivity contribution in [3.63, 3.8) is 0 Å². The number of primary amides is 1. The molecule has 0 spiro atoms. The van der Waals surface area contributed by atoms with E-state index in [0.29, 0.717) is 0 Å². The average molecular weight is 182 g/mol. The van der Waals surface area contributed by atoms with Crippen molar-refractivity contribution >= 4 is 5.91 Å². The molecule has 5 nitrogen and oxygen atoms in total. The lowest BCUT2D eigenvalue weighted by atomic mass is 10.1. The van der Waals surface area contributed by atoms with Gasteiger partial charge >= 0.3 is 0 Å². The first-order valence-corrected chi connectivity index (χ1v) is 4.13. The summed E-state index contributed by atoms with van der Waals surface area (Å²) in [6.07, 6.45) is 2.48. The fraction of sp³-hybridized carbons (Fsp3) is 0.500. The van der Waals surface area contributed by atoms with Gasteiger partial charge in [0, 0.05) is 18.8 Å². The van der Waals surface area contributed by atoms with Gasteiger partial charge in [-0.2, -0.15) is 5.10 Å². The van der Waals surface area contributed by atoms with Crippen LogP contribution in [0.25, 0.3) is 0 Å². The molecule has 72 valence electrons. The Labute approximate surface area is 76.7 Å². The third-order valence-electron chi connectivity index (χ3n) is 1.91. The number of amides is 1. The minimum Gasteiger partial charge on any atom is -0.368 e. The van der Waals surface area contributed by atoms with Crippen LogP contribution >= 0.6 is 0 Å². The van der Waals surface area contributed by atoms with E-state index in [4.69, 9.17) is 11.5 Å². The van der Waals surface area contributed by atoms with E-state index in [-0.39, 0.29) is 0 Å². The highest BCUT2D eigenvalue weighted by molar-refractivity contribution is 5.81. The van der Waals surface area contributed by atoms with E-state index in [2.05, 4.69) is 5.10 Å². The fourth-order valence-corrected chi connectivity index (χ4v) is 1.24. The van der Waals surface area contributed by atoms with Crippen molar-refractivity contribution in [1.82, 2.24) is 9.78 Å². The number of carbonyl (C=O) groups excluding carboxylic acids is 1. The van der Waals surface area contributed by atoms with Crippen LogP contribution in [0, 0.1) is 0 Å². The first kappa shape index (κ1) is 9.73. The lowest BCUT2D eigenvalue weighted by Gasteiger charge is -2.05. The molecule has 4 N–H and O–H groups in total. The normalized spacial score (nSPS) is 12.8. The van der Waals surface area contributed by atoms with Crippen LogP contribution in [0.15, 0.2) is 6.20 Å². The van der Waals surface area contributed by atoms with Crippen LogP contribution in [0.1, 0.15) is 24.2 Å². The molecule has 0 fully saturated rings. The number of hydrogen-bond donors (Lipinski definition) is 2. The van der Waals surface area contributed by atoms with E-state index in [9.17, 15) is 4.79 Å². The second kappa shape index (κ2) is 3.57. The van der Waals surface area contributed by atoms with Crippen molar-refractivity contribution in [1.29, 1.82) is 0 Å². The highest BCUT2D eigenvalue weighted by Crippen LogP contribution is 2.14. The maximum absolute atomic E-state index is 10.8. The molecule has 1 atom stereocenters. The Morgan fingerprint density at radius 1 is 1.77 bits per heavy atom. The van der Waals surface area contributed by atoms with Gasteiger partial charge in [-0.25, -0.2) is 0 Å². The molecule has 0 aromatic carbocycles. The van der Waals surface area contributed by atoms with E-state index >= 15 is 0 Å². The van der Waals surface area contributed by atoms with Crippen LogP contribution < -0.4 is 11.5 Å². The molecule has 0 saturated heterocycles. The van der Waals surface area contributed by atoms with Crippen LogP contribution in [0.5, 0.6) is 0 Å². The Morgan fingerprint density at radius 3 is 2.85 bits per heavy atom. The molecule has 5 heteroatoms. The Kier molecular flexibility index (Phi) is 2.67. The summed E-state index contributed by atoms with van der Waals surface area (Å²) in [4.78, 5) is 10.8. The molecule has 1 unspecified atom stereocenters. The largest absolute Gasteiger partial charge is 0.368 e. The Balaban J connectivity index is 3.05. The number of rotatable bonds is 3. The average Bonchev–Trinajstić information content (AvgIpc) is 2.45. The summed E-state index contributed by atoms with van der Waals surface area (Å²) in [5.41, 5.74) is 12.2. The molecular weight excluding hydrogens is 168 g/mol. The van der Waals surface area contributed by atoms with Crippen molar-refractivity contribution in [2.45, 2.75) is 19.4 Å². The van der Waals surface area contributed by atoms with Crippen molar-refractivity contribution < 1.29 is 4.79 Å². The van der Waals surface area contributed by atoms with Gasteiger partial charge in [0.05, 0.1) is 5.69 Å². The van der Waals surface area contributed by atoms with Crippen molar-refractivity contribution in [2.75, 3.05) is 0 Å². The molecule has 0 aliphatic heterocycles. The van der Waals surface area contributed by atoms with Crippen LogP contribution in [0.4, 0.5) is 0 Å². The molecule has 1 aromatic rings. The Hall–Kier alpha value is -1.36. The summed E-state index contributed by atoms with van der Waals surface area (Å²) in [7, 11) is 1.79. The lowest BCUT2D eigenvalue weighted by molar-refractivity contribution is -0.119. The van der Waals surface area contributed by atoms with Gasteiger partial charge in [-0.1, -0.05) is 6.92 Å². The quantitative estimate of drug-likeness (QED) is 0.658. The molecule has 0 radical (unpaired) electrons. The summed E-state index contributed by atoms with van der Waals surface area (Å²) in [6.45, 7) is 1.96. The summed E-state index contributed by atoms with van der Waals surface area (Å²) < 4.78 is 1.64. The van der Waals surface area contributed by atoms with Gasteiger partial charge in [0.15, 0.2) is 0 Å². The van der Waals surface area contributed by atoms with Gasteiger partial charge in [0.25, 0.3) is 0 Å². The second-order valence-electron chi connectivity index (χ2n) is 2.94. The number of hydrogen-bond acceptors (Lipinski definition) is 3. The third-order valence-corrected chi connectivity index (χ3v) is 1.91. The molecule has 1 heterocycles. The van der Waals surface area contributed by atoms with Gasteiger partial charge in [0.1, 0.15) is 6.04 Å². The van der Waals surface area contributed by atoms with Gasteiger partial charge in [-0.05, 0) is 6.42 Å². The number of aryl methyl sites for hydroxylation is 2. The van der Waals surface area contributed by atoms with Crippen molar-refractivity contribution in [3.8, 4) is 0 Å². The summed E-state index contributed by atoms with van der Waals surface area (Å²) in [6, 6.07) is -0.747. The Bertz CT molecular complexity index is 318. The van der Waals surface area contributed by atoms with Crippen LogP contribution in [-0.2, 0) is 18.3 Å². The second-order valence-corrected chi connectivity index (χ2v) is 2.94. The topological polar surface area (TPSA) is 86.9 Å². The number of nitrogens with two attached hydrogens (primary N) is 2. The molecule has 1 rings (SSSR count). The zero-order chi connectivity index (χ0) is 10.0. The fourth-order valence-electron chi connectivity index (χ4n) is 1.24. The molecule has 0 aliphatic rings. The number of carbonyl (C=O) groups is 1. The SMILES string of the molecule is CCc1nn(C)cc1C(N)C(N)=O. The van der Waals surface area contributed by atoms with E-state index in [0.717, 1.165) is 17.7 Å².